The summed E-state index contributed by atoms with van der Waals surface area (Å²) in [6, 6.07) is 10.4. The summed E-state index contributed by atoms with van der Waals surface area (Å²) >= 11 is 7.50. The van der Waals surface area contributed by atoms with E-state index in [-0.39, 0.29) is 39.6 Å². The molecule has 0 amide bonds. The Kier molecular flexibility index (Phi) is 6.19. The molecule has 34 heavy (non-hydrogen) atoms. The van der Waals surface area contributed by atoms with E-state index in [4.69, 9.17) is 11.6 Å². The summed E-state index contributed by atoms with van der Waals surface area (Å²) in [5.41, 5.74) is 3.98. The van der Waals surface area contributed by atoms with E-state index in [1.54, 1.807) is 0 Å². The number of anilines is 2. The fourth-order valence-electron chi connectivity index (χ4n) is 4.43. The summed E-state index contributed by atoms with van der Waals surface area (Å²) < 4.78 is 41.5. The van der Waals surface area contributed by atoms with Gasteiger partial charge in [0.05, 0.1) is 22.3 Å². The van der Waals surface area contributed by atoms with Gasteiger partial charge in [0.2, 0.25) is 0 Å². The van der Waals surface area contributed by atoms with Crippen LogP contribution in [0.15, 0.2) is 52.2 Å². The van der Waals surface area contributed by atoms with Gasteiger partial charge in [0.1, 0.15) is 10.7 Å². The lowest BCUT2D eigenvalue weighted by Gasteiger charge is -2.37. The number of nitrogens with one attached hydrogen (secondary N) is 1. The number of halogens is 2. The first kappa shape index (κ1) is 23.0. The molecule has 5 rings (SSSR count). The van der Waals surface area contributed by atoms with Crippen molar-refractivity contribution in [3.8, 4) is 0 Å². The summed E-state index contributed by atoms with van der Waals surface area (Å²) in [5.74, 6) is -1.21. The molecule has 1 aliphatic heterocycles. The third-order valence-electron chi connectivity index (χ3n) is 6.11. The second-order valence-corrected chi connectivity index (χ2v) is 10.9. The topological polar surface area (TPSA) is 91.8 Å². The molecular weight excluding hydrogens is 503 g/mol. The van der Waals surface area contributed by atoms with Gasteiger partial charge in [-0.2, -0.15) is 8.42 Å². The molecule has 178 valence electrons. The third kappa shape index (κ3) is 4.02. The molecule has 0 unspecified atom stereocenters. The number of thiazole rings is 1. The van der Waals surface area contributed by atoms with Crippen LogP contribution in [-0.2, 0) is 19.7 Å². The van der Waals surface area contributed by atoms with Crippen molar-refractivity contribution in [2.75, 3.05) is 22.9 Å². The van der Waals surface area contributed by atoms with Crippen molar-refractivity contribution >= 4 is 50.9 Å². The summed E-state index contributed by atoms with van der Waals surface area (Å²) in [4.78, 5) is 21.0. The standard InChI is InChI=1S/C22H20ClFN4O4S2/c23-16-8-21(34(30,31)28(32-13-29)22-11-33-12-25-22)17(24)9-19(16)26-18-10-20(27-6-3-7-27)15-5-2-1-4-14(15)18/h1-2,4-5,8-9,11-13,18,20,26H,3,6-7,10H2/t18-,20-/m0/s1. The zero-order chi connectivity index (χ0) is 23.9. The van der Waals surface area contributed by atoms with Crippen LogP contribution in [0.3, 0.4) is 0 Å². The normalized spacial score (nSPS) is 19.8. The molecule has 1 fully saturated rings. The van der Waals surface area contributed by atoms with Crippen LogP contribution in [-0.4, -0.2) is 37.9 Å². The van der Waals surface area contributed by atoms with Crippen molar-refractivity contribution in [2.45, 2.75) is 29.8 Å². The van der Waals surface area contributed by atoms with E-state index in [1.165, 1.54) is 22.9 Å². The van der Waals surface area contributed by atoms with Crippen molar-refractivity contribution in [1.29, 1.82) is 0 Å². The van der Waals surface area contributed by atoms with Crippen molar-refractivity contribution in [3.63, 3.8) is 0 Å². The molecule has 0 radical (unpaired) electrons. The van der Waals surface area contributed by atoms with Crippen LogP contribution in [0.5, 0.6) is 0 Å². The summed E-state index contributed by atoms with van der Waals surface area (Å²) in [6.07, 6.45) is 1.97. The number of carbonyl (C=O) groups excluding carboxylic acids is 1. The molecule has 0 spiro atoms. The Bertz CT molecular complexity index is 1320. The van der Waals surface area contributed by atoms with Gasteiger partial charge < -0.3 is 10.2 Å². The van der Waals surface area contributed by atoms with Crippen molar-refractivity contribution in [3.05, 3.63) is 69.3 Å². The second-order valence-electron chi connectivity index (χ2n) is 8.01. The van der Waals surface area contributed by atoms with Crippen LogP contribution in [0.25, 0.3) is 0 Å². The van der Waals surface area contributed by atoms with Crippen LogP contribution in [0.1, 0.15) is 36.1 Å². The molecule has 1 aliphatic carbocycles. The Labute approximate surface area is 204 Å². The van der Waals surface area contributed by atoms with Gasteiger partial charge in [-0.1, -0.05) is 40.3 Å². The van der Waals surface area contributed by atoms with Gasteiger partial charge in [0.25, 0.3) is 10.0 Å². The second kappa shape index (κ2) is 9.14. The molecule has 3 aromatic rings. The zero-order valence-electron chi connectivity index (χ0n) is 17.7. The molecule has 8 nitrogen and oxygen atoms in total. The number of aromatic nitrogens is 1. The van der Waals surface area contributed by atoms with Crippen molar-refractivity contribution in [2.24, 2.45) is 0 Å². The van der Waals surface area contributed by atoms with E-state index in [0.29, 0.717) is 0 Å². The zero-order valence-corrected chi connectivity index (χ0v) is 20.1. The monoisotopic (exact) mass is 522 g/mol. The lowest BCUT2D eigenvalue weighted by atomic mass is 10.0. The number of likely N-dealkylation sites (tertiary alicyclic amines) is 1. The Hall–Kier alpha value is -2.73. The smallest absolute Gasteiger partial charge is 0.322 e. The minimum atomic E-state index is -4.62. The Morgan fingerprint density at radius 1 is 1.26 bits per heavy atom. The van der Waals surface area contributed by atoms with Crippen LogP contribution in [0.4, 0.5) is 15.9 Å². The lowest BCUT2D eigenvalue weighted by molar-refractivity contribution is -0.128. The molecule has 1 aromatic heterocycles. The average molecular weight is 523 g/mol. The van der Waals surface area contributed by atoms with Crippen LogP contribution in [0, 0.1) is 5.82 Å². The fraction of sp³-hybridized carbons (Fsp3) is 0.273. The predicted octanol–water partition coefficient (Wildman–Crippen LogP) is 4.52. The first-order chi connectivity index (χ1) is 16.4. The number of hydrogen-bond donors (Lipinski definition) is 1. The van der Waals surface area contributed by atoms with Gasteiger partial charge in [-0.15, -0.1) is 11.3 Å². The van der Waals surface area contributed by atoms with Crippen molar-refractivity contribution < 1.29 is 22.4 Å². The molecular formula is C22H20ClFN4O4S2. The molecule has 2 heterocycles. The predicted molar refractivity (Wildman–Crippen MR) is 127 cm³/mol. The third-order valence-corrected chi connectivity index (χ3v) is 8.58. The van der Waals surface area contributed by atoms with Gasteiger partial charge >= 0.3 is 6.47 Å². The van der Waals surface area contributed by atoms with Crippen LogP contribution >= 0.6 is 22.9 Å². The maximum atomic E-state index is 15.1. The molecule has 1 saturated heterocycles. The quantitative estimate of drug-likeness (QED) is 0.343. The van der Waals surface area contributed by atoms with E-state index in [0.717, 1.165) is 48.5 Å². The largest absolute Gasteiger partial charge is 0.377 e. The average Bonchev–Trinajstić information content (AvgIpc) is 3.42. The minimum Gasteiger partial charge on any atom is -0.377 e. The molecule has 2 aromatic carbocycles. The van der Waals surface area contributed by atoms with Crippen LogP contribution < -0.4 is 9.79 Å². The van der Waals surface area contributed by atoms with Gasteiger partial charge in [-0.05, 0) is 49.2 Å². The van der Waals surface area contributed by atoms with E-state index in [1.807, 2.05) is 18.2 Å². The maximum absolute atomic E-state index is 15.1. The molecule has 1 N–H and O–H groups in total. The van der Waals surface area contributed by atoms with Gasteiger partial charge in [0, 0.05) is 11.4 Å². The Morgan fingerprint density at radius 3 is 2.68 bits per heavy atom. The highest BCUT2D eigenvalue weighted by molar-refractivity contribution is 7.92. The number of benzene rings is 2. The van der Waals surface area contributed by atoms with E-state index < -0.39 is 20.7 Å². The minimum absolute atomic E-state index is 0.0224. The fourth-order valence-corrected chi connectivity index (χ4v) is 6.53. The maximum Gasteiger partial charge on any atom is 0.322 e. The van der Waals surface area contributed by atoms with E-state index in [2.05, 4.69) is 26.1 Å². The molecule has 0 bridgehead atoms. The number of nitrogens with zero attached hydrogens (tertiary/aromatic N) is 3. The summed E-state index contributed by atoms with van der Waals surface area (Å²) in [6.45, 7) is 2.02. The lowest BCUT2D eigenvalue weighted by Crippen LogP contribution is -2.39. The Balaban J connectivity index is 1.44. The molecule has 0 saturated carbocycles. The highest BCUT2D eigenvalue weighted by atomic mass is 35.5. The first-order valence-electron chi connectivity index (χ1n) is 10.5. The summed E-state index contributed by atoms with van der Waals surface area (Å²) in [7, 11) is -4.62. The highest BCUT2D eigenvalue weighted by Crippen LogP contribution is 2.46. The van der Waals surface area contributed by atoms with E-state index in [9.17, 15) is 13.2 Å². The SMILES string of the molecule is O=CON(c1cscn1)S(=O)(=O)c1cc(Cl)c(N[C@H]2C[C@H](N3CCC3)c3ccccc32)cc1F. The number of hydrogen-bond acceptors (Lipinski definition) is 8. The van der Waals surface area contributed by atoms with Crippen molar-refractivity contribution in [1.82, 2.24) is 9.88 Å². The number of fused-ring (bicyclic) bond motifs is 1. The first-order valence-corrected chi connectivity index (χ1v) is 13.3. The van der Waals surface area contributed by atoms with E-state index >= 15 is 4.39 Å². The van der Waals surface area contributed by atoms with Gasteiger partial charge in [0.15, 0.2) is 5.82 Å². The van der Waals surface area contributed by atoms with Gasteiger partial charge in [-0.25, -0.2) is 9.37 Å². The van der Waals surface area contributed by atoms with Crippen LogP contribution in [0.2, 0.25) is 5.02 Å². The highest BCUT2D eigenvalue weighted by Gasteiger charge is 2.37. The number of rotatable bonds is 8. The number of sulfonamides is 1. The molecule has 2 atom stereocenters. The molecule has 12 heteroatoms. The molecule has 2 aliphatic rings. The Morgan fingerprint density at radius 2 is 2.03 bits per heavy atom. The number of carbonyl (C=O) groups is 1. The summed E-state index contributed by atoms with van der Waals surface area (Å²) in [5, 5.41) is 4.67. The van der Waals surface area contributed by atoms with Gasteiger partial charge in [-0.3, -0.25) is 9.69 Å².